The summed E-state index contributed by atoms with van der Waals surface area (Å²) in [6.45, 7) is 0.585. The van der Waals surface area contributed by atoms with E-state index in [1.54, 1.807) is 24.3 Å². The van der Waals surface area contributed by atoms with E-state index in [2.05, 4.69) is 5.32 Å². The van der Waals surface area contributed by atoms with Crippen molar-refractivity contribution >= 4 is 15.9 Å². The summed E-state index contributed by atoms with van der Waals surface area (Å²) in [5.41, 5.74) is 0.825. The molecule has 11 heteroatoms. The number of benzene rings is 2. The van der Waals surface area contributed by atoms with Gasteiger partial charge in [0.1, 0.15) is 5.75 Å². The molecule has 0 bridgehead atoms. The highest BCUT2D eigenvalue weighted by Crippen LogP contribution is 2.42. The first-order valence-electron chi connectivity index (χ1n) is 10.5. The van der Waals surface area contributed by atoms with Gasteiger partial charge in [0, 0.05) is 25.4 Å². The molecular weight excluding hydrogens is 476 g/mol. The van der Waals surface area contributed by atoms with Gasteiger partial charge in [0.25, 0.3) is 15.9 Å². The van der Waals surface area contributed by atoms with Crippen molar-refractivity contribution in [2.45, 2.75) is 4.90 Å². The summed E-state index contributed by atoms with van der Waals surface area (Å²) in [6.07, 6.45) is 1.28. The van der Waals surface area contributed by atoms with E-state index in [1.807, 2.05) is 0 Å². The molecule has 0 atom stereocenters. The summed E-state index contributed by atoms with van der Waals surface area (Å²) in [6, 6.07) is 10.7. The topological polar surface area (TPSA) is 114 Å². The van der Waals surface area contributed by atoms with Crippen LogP contribution in [0.15, 0.2) is 53.6 Å². The monoisotopic (exact) mass is 504 g/mol. The highest BCUT2D eigenvalue weighted by atomic mass is 32.2. The smallest absolute Gasteiger partial charge is 0.268 e. The van der Waals surface area contributed by atoms with Crippen LogP contribution in [-0.4, -0.2) is 67.0 Å². The normalized spacial score (nSPS) is 11.1. The van der Waals surface area contributed by atoms with Gasteiger partial charge in [-0.3, -0.25) is 4.79 Å². The summed E-state index contributed by atoms with van der Waals surface area (Å²) in [7, 11) is 3.32. The predicted octanol–water partition coefficient (Wildman–Crippen LogP) is 2.80. The largest absolute Gasteiger partial charge is 0.497 e. The Bertz CT molecular complexity index is 1260. The predicted molar refractivity (Wildman–Crippen MR) is 129 cm³/mol. The molecule has 0 saturated carbocycles. The van der Waals surface area contributed by atoms with Crippen LogP contribution in [-0.2, 0) is 14.8 Å². The highest BCUT2D eigenvalue weighted by molar-refractivity contribution is 7.90. The van der Waals surface area contributed by atoms with Gasteiger partial charge in [0.05, 0.1) is 51.2 Å². The molecule has 0 spiro atoms. The number of hydrogen-bond acceptors (Lipinski definition) is 8. The number of carbonyl (C=O) groups excluding carboxylic acids is 1. The van der Waals surface area contributed by atoms with Gasteiger partial charge in [-0.15, -0.1) is 0 Å². The fraction of sp³-hybridized carbons (Fsp3) is 0.292. The van der Waals surface area contributed by atoms with E-state index in [9.17, 15) is 13.2 Å². The van der Waals surface area contributed by atoms with E-state index >= 15 is 0 Å². The Balaban J connectivity index is 2.20. The maximum absolute atomic E-state index is 13.6. The molecule has 0 saturated heterocycles. The summed E-state index contributed by atoms with van der Waals surface area (Å²) >= 11 is 0. The minimum atomic E-state index is -4.09. The first kappa shape index (κ1) is 25.9. The van der Waals surface area contributed by atoms with Crippen LogP contribution in [0.25, 0.3) is 11.3 Å². The third-order valence-corrected chi connectivity index (χ3v) is 6.90. The van der Waals surface area contributed by atoms with Crippen molar-refractivity contribution in [1.29, 1.82) is 0 Å². The Labute approximate surface area is 204 Å². The fourth-order valence-corrected chi connectivity index (χ4v) is 4.81. The lowest BCUT2D eigenvalue weighted by atomic mass is 10.1. The molecule has 0 aliphatic heterocycles. The third-order valence-electron chi connectivity index (χ3n) is 5.22. The average Bonchev–Trinajstić information content (AvgIpc) is 3.34. The quantitative estimate of drug-likeness (QED) is 0.397. The number of carbonyl (C=O) groups is 1. The zero-order valence-electron chi connectivity index (χ0n) is 20.2. The van der Waals surface area contributed by atoms with Crippen molar-refractivity contribution in [2.24, 2.45) is 0 Å². The van der Waals surface area contributed by atoms with Gasteiger partial charge in [-0.05, 0) is 42.5 Å². The Morgan fingerprint density at radius 1 is 0.886 bits per heavy atom. The van der Waals surface area contributed by atoms with Gasteiger partial charge < -0.3 is 29.0 Å². The number of rotatable bonds is 11. The van der Waals surface area contributed by atoms with Crippen molar-refractivity contribution in [3.63, 3.8) is 0 Å². The van der Waals surface area contributed by atoms with Crippen LogP contribution < -0.4 is 24.3 Å². The minimum Gasteiger partial charge on any atom is -0.497 e. The molecule has 3 rings (SSSR count). The number of methoxy groups -OCH3 is 5. The number of hydrogen-bond donors (Lipinski definition) is 1. The van der Waals surface area contributed by atoms with Gasteiger partial charge in [0.15, 0.2) is 11.5 Å². The SMILES string of the molecule is COCCNC(=O)c1cc(-c2cc(OC)c(OC)c(OC)c2)n(S(=O)(=O)c2ccc(OC)cc2)c1. The molecule has 0 radical (unpaired) electrons. The molecule has 1 heterocycles. The highest BCUT2D eigenvalue weighted by Gasteiger charge is 2.25. The van der Waals surface area contributed by atoms with Crippen molar-refractivity contribution in [1.82, 2.24) is 9.29 Å². The Kier molecular flexibility index (Phi) is 8.26. The van der Waals surface area contributed by atoms with Crippen LogP contribution >= 0.6 is 0 Å². The maximum Gasteiger partial charge on any atom is 0.268 e. The van der Waals surface area contributed by atoms with Crippen molar-refractivity contribution in [3.8, 4) is 34.3 Å². The van der Waals surface area contributed by atoms with Crippen LogP contribution in [0.4, 0.5) is 0 Å². The number of nitrogens with zero attached hydrogens (tertiary/aromatic N) is 1. The van der Waals surface area contributed by atoms with E-state index < -0.39 is 15.9 Å². The molecule has 0 aliphatic rings. The Hall–Kier alpha value is -3.70. The zero-order valence-corrected chi connectivity index (χ0v) is 21.0. The van der Waals surface area contributed by atoms with Crippen molar-refractivity contribution < 1.29 is 36.9 Å². The van der Waals surface area contributed by atoms with E-state index in [-0.39, 0.29) is 22.7 Å². The second-order valence-corrected chi connectivity index (χ2v) is 9.07. The van der Waals surface area contributed by atoms with Crippen LogP contribution in [0.5, 0.6) is 23.0 Å². The van der Waals surface area contributed by atoms with Crippen molar-refractivity contribution in [2.75, 3.05) is 48.7 Å². The average molecular weight is 505 g/mol. The lowest BCUT2D eigenvalue weighted by molar-refractivity contribution is 0.0937. The number of amides is 1. The molecule has 2 aromatic carbocycles. The van der Waals surface area contributed by atoms with Crippen molar-refractivity contribution in [3.05, 3.63) is 54.2 Å². The second-order valence-electron chi connectivity index (χ2n) is 7.25. The second kappa shape index (κ2) is 11.2. The minimum absolute atomic E-state index is 0.0222. The molecule has 1 aromatic heterocycles. The number of nitrogens with one attached hydrogen (secondary N) is 1. The number of ether oxygens (including phenoxy) is 5. The molecule has 0 unspecified atom stereocenters. The summed E-state index contributed by atoms with van der Waals surface area (Å²) in [5, 5.41) is 2.70. The lowest BCUT2D eigenvalue weighted by Gasteiger charge is -2.16. The Morgan fingerprint density at radius 2 is 1.51 bits per heavy atom. The van der Waals surface area contributed by atoms with Gasteiger partial charge in [0.2, 0.25) is 5.75 Å². The molecule has 3 aromatic rings. The lowest BCUT2D eigenvalue weighted by Crippen LogP contribution is -2.26. The van der Waals surface area contributed by atoms with E-state index in [1.165, 1.54) is 59.9 Å². The standard InChI is InChI=1S/C24H28N2O8S/c1-30-11-10-25-24(27)17-12-20(16-13-21(32-3)23(34-5)22(14-16)33-4)26(15-17)35(28,29)19-8-6-18(31-2)7-9-19/h6-9,12-15H,10-11H2,1-5H3,(H,25,27). The van der Waals surface area contributed by atoms with Gasteiger partial charge in [-0.1, -0.05) is 0 Å². The fourth-order valence-electron chi connectivity index (χ4n) is 3.44. The van der Waals surface area contributed by atoms with Gasteiger partial charge in [-0.2, -0.15) is 0 Å². The number of aromatic nitrogens is 1. The van der Waals surface area contributed by atoms with Gasteiger partial charge in [-0.25, -0.2) is 12.4 Å². The van der Waals surface area contributed by atoms with Crippen LogP contribution in [0.3, 0.4) is 0 Å². The summed E-state index contributed by atoms with van der Waals surface area (Å²) < 4.78 is 54.7. The molecule has 10 nitrogen and oxygen atoms in total. The first-order chi connectivity index (χ1) is 16.8. The molecule has 188 valence electrons. The summed E-state index contributed by atoms with van der Waals surface area (Å²) in [5.74, 6) is 1.09. The van der Waals surface area contributed by atoms with Crippen LogP contribution in [0, 0.1) is 0 Å². The molecule has 1 amide bonds. The van der Waals surface area contributed by atoms with Crippen LogP contribution in [0.2, 0.25) is 0 Å². The third kappa shape index (κ3) is 5.36. The molecule has 35 heavy (non-hydrogen) atoms. The van der Waals surface area contributed by atoms with Crippen LogP contribution in [0.1, 0.15) is 10.4 Å². The molecule has 0 aliphatic carbocycles. The van der Waals surface area contributed by atoms with E-state index in [0.717, 1.165) is 3.97 Å². The molecular formula is C24H28N2O8S. The molecule has 1 N–H and O–H groups in total. The van der Waals surface area contributed by atoms with E-state index in [0.29, 0.717) is 35.2 Å². The first-order valence-corrected chi connectivity index (χ1v) is 11.9. The zero-order chi connectivity index (χ0) is 25.6. The molecule has 0 fully saturated rings. The van der Waals surface area contributed by atoms with Gasteiger partial charge >= 0.3 is 0 Å². The van der Waals surface area contributed by atoms with E-state index in [4.69, 9.17) is 23.7 Å². The maximum atomic E-state index is 13.6. The summed E-state index contributed by atoms with van der Waals surface area (Å²) in [4.78, 5) is 12.8. The Morgan fingerprint density at radius 3 is 2.03 bits per heavy atom.